The number of anilines is 1. The van der Waals surface area contributed by atoms with Crippen LogP contribution in [-0.4, -0.2) is 32.0 Å². The average molecular weight is 433 g/mol. The lowest BCUT2D eigenvalue weighted by atomic mass is 9.98. The Labute approximate surface area is 176 Å². The maximum absolute atomic E-state index is 13.7. The van der Waals surface area contributed by atoms with E-state index in [0.29, 0.717) is 28.5 Å². The summed E-state index contributed by atoms with van der Waals surface area (Å²) in [6, 6.07) is 6.84. The lowest BCUT2D eigenvalue weighted by molar-refractivity contribution is 0.416. The first-order valence-electron chi connectivity index (χ1n) is 9.28. The minimum atomic E-state index is -0.615. The van der Waals surface area contributed by atoms with E-state index in [9.17, 15) is 8.78 Å². The van der Waals surface area contributed by atoms with Gasteiger partial charge in [0.05, 0.1) is 6.04 Å². The van der Waals surface area contributed by atoms with Crippen molar-refractivity contribution in [3.63, 3.8) is 0 Å². The van der Waals surface area contributed by atoms with Crippen molar-refractivity contribution in [2.24, 2.45) is 7.05 Å². The Bertz CT molecular complexity index is 1140. The summed E-state index contributed by atoms with van der Waals surface area (Å²) in [4.78, 5) is 6.28. The standard InChI is InChI=1S/C20H19ClF2N6O/c1-11(17-24-19(30-27-17)12-5-4-6-14(21)7-12)28(2)20-26-25-18(29(20)3)13-8-15(22)10-16(23)9-13/h4-8,10-11,13H,9H2,1-3H3. The van der Waals surface area contributed by atoms with E-state index in [0.717, 1.165) is 11.6 Å². The Morgan fingerprint density at radius 2 is 2.10 bits per heavy atom. The number of hydrogen-bond acceptors (Lipinski definition) is 6. The van der Waals surface area contributed by atoms with Crippen LogP contribution in [0, 0.1) is 0 Å². The van der Waals surface area contributed by atoms with Crippen LogP contribution < -0.4 is 4.90 Å². The molecule has 0 N–H and O–H groups in total. The first-order valence-corrected chi connectivity index (χ1v) is 9.66. The molecule has 0 saturated carbocycles. The predicted octanol–water partition coefficient (Wildman–Crippen LogP) is 4.91. The maximum Gasteiger partial charge on any atom is 0.258 e. The van der Waals surface area contributed by atoms with Gasteiger partial charge in [0, 0.05) is 43.1 Å². The summed E-state index contributed by atoms with van der Waals surface area (Å²) in [7, 11) is 3.56. The Kier molecular flexibility index (Phi) is 5.38. The molecule has 0 fully saturated rings. The van der Waals surface area contributed by atoms with Crippen molar-refractivity contribution >= 4 is 17.5 Å². The van der Waals surface area contributed by atoms with E-state index in [4.69, 9.17) is 16.1 Å². The minimum absolute atomic E-state index is 0.0481. The van der Waals surface area contributed by atoms with Crippen molar-refractivity contribution < 1.29 is 13.3 Å². The number of halogens is 3. The molecule has 4 rings (SSSR count). The van der Waals surface area contributed by atoms with Crippen LogP contribution in [0.25, 0.3) is 11.5 Å². The second-order valence-corrected chi connectivity index (χ2v) is 7.56. The smallest absolute Gasteiger partial charge is 0.258 e. The van der Waals surface area contributed by atoms with Gasteiger partial charge in [0.1, 0.15) is 17.5 Å². The highest BCUT2D eigenvalue weighted by molar-refractivity contribution is 6.30. The summed E-state index contributed by atoms with van der Waals surface area (Å²) < 4.78 is 34.4. The van der Waals surface area contributed by atoms with Crippen LogP contribution in [0.2, 0.25) is 5.02 Å². The summed E-state index contributed by atoms with van der Waals surface area (Å²) >= 11 is 6.03. The fourth-order valence-electron chi connectivity index (χ4n) is 3.34. The molecule has 30 heavy (non-hydrogen) atoms. The van der Waals surface area contributed by atoms with Gasteiger partial charge in [-0.2, -0.15) is 4.98 Å². The second kappa shape index (κ2) is 7.98. The van der Waals surface area contributed by atoms with Gasteiger partial charge in [0.2, 0.25) is 5.95 Å². The highest BCUT2D eigenvalue weighted by atomic mass is 35.5. The molecule has 2 atom stereocenters. The van der Waals surface area contributed by atoms with E-state index in [1.807, 2.05) is 24.9 Å². The van der Waals surface area contributed by atoms with Crippen molar-refractivity contribution in [3.8, 4) is 11.5 Å². The van der Waals surface area contributed by atoms with Crippen LogP contribution in [-0.2, 0) is 7.05 Å². The molecule has 7 nitrogen and oxygen atoms in total. The van der Waals surface area contributed by atoms with Crippen molar-refractivity contribution in [1.82, 2.24) is 24.9 Å². The number of benzene rings is 1. The average Bonchev–Trinajstić information content (AvgIpc) is 3.33. The lowest BCUT2D eigenvalue weighted by Crippen LogP contribution is -2.25. The summed E-state index contributed by atoms with van der Waals surface area (Å²) in [5.41, 5.74) is 0.721. The topological polar surface area (TPSA) is 72.9 Å². The molecule has 3 aromatic rings. The normalized spacial score (nSPS) is 17.5. The van der Waals surface area contributed by atoms with E-state index < -0.39 is 17.6 Å². The highest BCUT2D eigenvalue weighted by Gasteiger charge is 2.27. The van der Waals surface area contributed by atoms with Crippen molar-refractivity contribution in [3.05, 3.63) is 64.7 Å². The molecule has 156 valence electrons. The zero-order chi connectivity index (χ0) is 21.4. The molecule has 0 bridgehead atoms. The molecular weight excluding hydrogens is 414 g/mol. The molecule has 0 aliphatic heterocycles. The van der Waals surface area contributed by atoms with Gasteiger partial charge in [-0.15, -0.1) is 10.2 Å². The number of allylic oxidation sites excluding steroid dienone is 4. The fourth-order valence-corrected chi connectivity index (χ4v) is 3.53. The molecule has 0 saturated heterocycles. The molecule has 0 amide bonds. The fraction of sp³-hybridized carbons (Fsp3) is 0.300. The van der Waals surface area contributed by atoms with Gasteiger partial charge >= 0.3 is 0 Å². The zero-order valence-corrected chi connectivity index (χ0v) is 17.3. The Balaban J connectivity index is 1.56. The number of rotatable bonds is 5. The van der Waals surface area contributed by atoms with Crippen LogP contribution in [0.4, 0.5) is 14.7 Å². The molecule has 1 aliphatic carbocycles. The molecule has 0 spiro atoms. The quantitative estimate of drug-likeness (QED) is 0.570. The maximum atomic E-state index is 13.7. The van der Waals surface area contributed by atoms with Crippen LogP contribution in [0.1, 0.15) is 37.0 Å². The predicted molar refractivity (Wildman–Crippen MR) is 108 cm³/mol. The van der Waals surface area contributed by atoms with Gasteiger partial charge in [-0.05, 0) is 31.2 Å². The Hall–Kier alpha value is -3.07. The van der Waals surface area contributed by atoms with Crippen LogP contribution in [0.5, 0.6) is 0 Å². The van der Waals surface area contributed by atoms with E-state index in [-0.39, 0.29) is 12.5 Å². The van der Waals surface area contributed by atoms with E-state index in [1.165, 1.54) is 6.08 Å². The lowest BCUT2D eigenvalue weighted by Gasteiger charge is -2.23. The SMILES string of the molecule is CC(c1noc(-c2cccc(Cl)c2)n1)N(C)c1nnc(C2C=C(F)C=C(F)C2)n1C. The number of aromatic nitrogens is 5. The van der Waals surface area contributed by atoms with Gasteiger partial charge < -0.3 is 9.42 Å². The minimum Gasteiger partial charge on any atom is -0.334 e. The Morgan fingerprint density at radius 1 is 1.30 bits per heavy atom. The summed E-state index contributed by atoms with van der Waals surface area (Å²) in [5, 5.41) is 13.0. The van der Waals surface area contributed by atoms with Gasteiger partial charge in [0.15, 0.2) is 5.82 Å². The summed E-state index contributed by atoms with van der Waals surface area (Å²) in [5.74, 6) is 0.128. The molecule has 0 radical (unpaired) electrons. The van der Waals surface area contributed by atoms with Crippen LogP contribution in [0.15, 0.2) is 52.6 Å². The second-order valence-electron chi connectivity index (χ2n) is 7.13. The monoisotopic (exact) mass is 432 g/mol. The van der Waals surface area contributed by atoms with Crippen LogP contribution in [0.3, 0.4) is 0 Å². The third-order valence-electron chi connectivity index (χ3n) is 5.07. The van der Waals surface area contributed by atoms with Crippen LogP contribution >= 0.6 is 11.6 Å². The molecule has 2 unspecified atom stereocenters. The van der Waals surface area contributed by atoms with Crippen molar-refractivity contribution in [2.75, 3.05) is 11.9 Å². The largest absolute Gasteiger partial charge is 0.334 e. The van der Waals surface area contributed by atoms with E-state index in [2.05, 4.69) is 20.3 Å². The van der Waals surface area contributed by atoms with Gasteiger partial charge in [-0.3, -0.25) is 4.57 Å². The van der Waals surface area contributed by atoms with Crippen molar-refractivity contribution in [2.45, 2.75) is 25.3 Å². The van der Waals surface area contributed by atoms with E-state index in [1.54, 1.807) is 29.8 Å². The van der Waals surface area contributed by atoms with E-state index >= 15 is 0 Å². The van der Waals surface area contributed by atoms with Gasteiger partial charge in [0.25, 0.3) is 5.89 Å². The first-order chi connectivity index (χ1) is 14.3. The highest BCUT2D eigenvalue weighted by Crippen LogP contribution is 2.33. The molecule has 2 heterocycles. The molecular formula is C20H19ClF2N6O. The molecule has 1 aliphatic rings. The third-order valence-corrected chi connectivity index (χ3v) is 5.31. The molecule has 1 aromatic carbocycles. The summed E-state index contributed by atoms with van der Waals surface area (Å²) in [6.45, 7) is 1.89. The van der Waals surface area contributed by atoms with Gasteiger partial charge in [-0.1, -0.05) is 22.8 Å². The summed E-state index contributed by atoms with van der Waals surface area (Å²) in [6.07, 6.45) is 2.28. The molecule has 10 heteroatoms. The molecule has 2 aromatic heterocycles. The zero-order valence-electron chi connectivity index (χ0n) is 16.6. The number of nitrogens with zero attached hydrogens (tertiary/aromatic N) is 6. The number of hydrogen-bond donors (Lipinski definition) is 0. The Morgan fingerprint density at radius 3 is 2.83 bits per heavy atom. The first kappa shape index (κ1) is 20.2. The van der Waals surface area contributed by atoms with Crippen molar-refractivity contribution in [1.29, 1.82) is 0 Å². The third kappa shape index (κ3) is 3.85. The van der Waals surface area contributed by atoms with Gasteiger partial charge in [-0.25, -0.2) is 8.78 Å².